The van der Waals surface area contributed by atoms with Crippen LogP contribution in [0.2, 0.25) is 0 Å². The van der Waals surface area contributed by atoms with E-state index >= 15 is 0 Å². The maximum atomic E-state index is 5.53. The van der Waals surface area contributed by atoms with Gasteiger partial charge in [0.05, 0.1) is 17.9 Å². The fraction of sp³-hybridized carbons (Fsp3) is 0.267. The first-order valence-corrected chi connectivity index (χ1v) is 6.49. The Balaban J connectivity index is 1.76. The van der Waals surface area contributed by atoms with Crippen LogP contribution >= 0.6 is 0 Å². The van der Waals surface area contributed by atoms with Crippen molar-refractivity contribution in [2.75, 3.05) is 20.3 Å². The zero-order valence-electron chi connectivity index (χ0n) is 11.3. The molecule has 0 unspecified atom stereocenters. The van der Waals surface area contributed by atoms with Gasteiger partial charge in [0.2, 0.25) is 5.89 Å². The number of methoxy groups -OCH3 is 1. The summed E-state index contributed by atoms with van der Waals surface area (Å²) in [5, 5.41) is 4.24. The summed E-state index contributed by atoms with van der Waals surface area (Å²) in [6.07, 6.45) is 3.34. The molecular formula is C15H16N2O3. The highest BCUT2D eigenvalue weighted by molar-refractivity contribution is 5.91. The molecule has 0 aliphatic rings. The van der Waals surface area contributed by atoms with Gasteiger partial charge in [0.1, 0.15) is 18.1 Å². The maximum Gasteiger partial charge on any atom is 0.230 e. The zero-order chi connectivity index (χ0) is 13.8. The van der Waals surface area contributed by atoms with Crippen LogP contribution in [0.25, 0.3) is 22.4 Å². The molecule has 5 heteroatoms. The van der Waals surface area contributed by atoms with Gasteiger partial charge in [-0.25, -0.2) is 4.98 Å². The number of hydrogen-bond acceptors (Lipinski definition) is 5. The molecule has 0 atom stereocenters. The Morgan fingerprint density at radius 2 is 2.10 bits per heavy atom. The van der Waals surface area contributed by atoms with Gasteiger partial charge >= 0.3 is 0 Å². The van der Waals surface area contributed by atoms with E-state index in [2.05, 4.69) is 10.3 Å². The minimum absolute atomic E-state index is 0.582. The molecule has 0 saturated heterocycles. The number of rotatable bonds is 6. The van der Waals surface area contributed by atoms with Crippen molar-refractivity contribution in [1.82, 2.24) is 10.3 Å². The Morgan fingerprint density at radius 1 is 1.20 bits per heavy atom. The average Bonchev–Trinajstić information content (AvgIpc) is 3.10. The highest BCUT2D eigenvalue weighted by Gasteiger charge is 2.12. The summed E-state index contributed by atoms with van der Waals surface area (Å²) in [4.78, 5) is 4.47. The molecule has 5 nitrogen and oxygen atoms in total. The lowest BCUT2D eigenvalue weighted by molar-refractivity contribution is 0.199. The first-order valence-electron chi connectivity index (χ1n) is 6.49. The van der Waals surface area contributed by atoms with Gasteiger partial charge < -0.3 is 18.9 Å². The van der Waals surface area contributed by atoms with Gasteiger partial charge in [0.25, 0.3) is 0 Å². The van der Waals surface area contributed by atoms with E-state index in [-0.39, 0.29) is 0 Å². The SMILES string of the molecule is COCCNCc1coc(-c2coc3ccccc23)n1. The van der Waals surface area contributed by atoms with Crippen LogP contribution in [0.1, 0.15) is 5.69 Å². The van der Waals surface area contributed by atoms with Crippen LogP contribution in [0.3, 0.4) is 0 Å². The number of oxazole rings is 1. The number of aromatic nitrogens is 1. The lowest BCUT2D eigenvalue weighted by Crippen LogP contribution is -2.18. The van der Waals surface area contributed by atoms with Crippen LogP contribution in [-0.2, 0) is 11.3 Å². The van der Waals surface area contributed by atoms with Crippen LogP contribution in [0, 0.1) is 0 Å². The van der Waals surface area contributed by atoms with Crippen molar-refractivity contribution in [3.63, 3.8) is 0 Å². The summed E-state index contributed by atoms with van der Waals surface area (Å²) in [6, 6.07) is 7.83. The fourth-order valence-electron chi connectivity index (χ4n) is 2.05. The molecule has 2 aromatic heterocycles. The predicted molar refractivity (Wildman–Crippen MR) is 75.3 cm³/mol. The van der Waals surface area contributed by atoms with E-state index in [1.165, 1.54) is 0 Å². The Bertz CT molecular complexity index is 687. The quantitative estimate of drug-likeness (QED) is 0.699. The normalized spacial score (nSPS) is 11.2. The molecular weight excluding hydrogens is 256 g/mol. The Labute approximate surface area is 116 Å². The van der Waals surface area contributed by atoms with Crippen molar-refractivity contribution in [3.8, 4) is 11.5 Å². The zero-order valence-corrected chi connectivity index (χ0v) is 11.3. The standard InChI is InChI=1S/C15H16N2O3/c1-18-7-6-16-8-11-9-20-15(17-11)13-10-19-14-5-3-2-4-12(13)14/h2-5,9-10,16H,6-8H2,1H3. The highest BCUT2D eigenvalue weighted by Crippen LogP contribution is 2.29. The van der Waals surface area contributed by atoms with Crippen LogP contribution in [0.4, 0.5) is 0 Å². The minimum Gasteiger partial charge on any atom is -0.463 e. The first-order chi connectivity index (χ1) is 9.88. The highest BCUT2D eigenvalue weighted by atomic mass is 16.5. The number of ether oxygens (including phenoxy) is 1. The number of hydrogen-bond donors (Lipinski definition) is 1. The number of para-hydroxylation sites is 1. The molecule has 2 heterocycles. The van der Waals surface area contributed by atoms with Gasteiger partial charge in [-0.3, -0.25) is 0 Å². The van der Waals surface area contributed by atoms with E-state index in [1.54, 1.807) is 19.6 Å². The Hall–Kier alpha value is -2.11. The summed E-state index contributed by atoms with van der Waals surface area (Å²) in [6.45, 7) is 2.12. The first kappa shape index (κ1) is 12.9. The molecule has 0 amide bonds. The topological polar surface area (TPSA) is 60.4 Å². The van der Waals surface area contributed by atoms with Gasteiger partial charge in [0, 0.05) is 25.6 Å². The van der Waals surface area contributed by atoms with Crippen LogP contribution < -0.4 is 5.32 Å². The Kier molecular flexibility index (Phi) is 3.80. The van der Waals surface area contributed by atoms with E-state index in [1.807, 2.05) is 24.3 Å². The summed E-state index contributed by atoms with van der Waals surface area (Å²) in [5.74, 6) is 0.582. The molecule has 3 aromatic rings. The van der Waals surface area contributed by atoms with Crippen molar-refractivity contribution in [3.05, 3.63) is 42.5 Å². The summed E-state index contributed by atoms with van der Waals surface area (Å²) >= 11 is 0. The summed E-state index contributed by atoms with van der Waals surface area (Å²) < 4.78 is 16.0. The number of furan rings is 1. The number of fused-ring (bicyclic) bond motifs is 1. The molecule has 20 heavy (non-hydrogen) atoms. The van der Waals surface area contributed by atoms with Crippen molar-refractivity contribution in [1.29, 1.82) is 0 Å². The molecule has 0 bridgehead atoms. The third-order valence-corrected chi connectivity index (χ3v) is 3.05. The van der Waals surface area contributed by atoms with E-state index < -0.39 is 0 Å². The molecule has 0 saturated carbocycles. The molecule has 0 spiro atoms. The second kappa shape index (κ2) is 5.90. The summed E-state index contributed by atoms with van der Waals surface area (Å²) in [5.41, 5.74) is 2.57. The molecule has 1 aromatic carbocycles. The van der Waals surface area contributed by atoms with E-state index in [0.29, 0.717) is 19.0 Å². The molecule has 3 rings (SSSR count). The van der Waals surface area contributed by atoms with Crippen molar-refractivity contribution >= 4 is 11.0 Å². The predicted octanol–water partition coefficient (Wildman–Crippen LogP) is 2.82. The van der Waals surface area contributed by atoms with Gasteiger partial charge in [-0.1, -0.05) is 18.2 Å². The van der Waals surface area contributed by atoms with E-state index in [9.17, 15) is 0 Å². The monoisotopic (exact) mass is 272 g/mol. The van der Waals surface area contributed by atoms with Crippen molar-refractivity contribution in [2.24, 2.45) is 0 Å². The second-order valence-corrected chi connectivity index (χ2v) is 4.46. The minimum atomic E-state index is 0.582. The Morgan fingerprint density at radius 3 is 3.00 bits per heavy atom. The number of benzene rings is 1. The molecule has 104 valence electrons. The van der Waals surface area contributed by atoms with Crippen LogP contribution in [0.5, 0.6) is 0 Å². The molecule has 1 N–H and O–H groups in total. The van der Waals surface area contributed by atoms with Gasteiger partial charge in [-0.15, -0.1) is 0 Å². The lowest BCUT2D eigenvalue weighted by Gasteiger charge is -1.99. The van der Waals surface area contributed by atoms with E-state index in [4.69, 9.17) is 13.6 Å². The smallest absolute Gasteiger partial charge is 0.230 e. The second-order valence-electron chi connectivity index (χ2n) is 4.46. The van der Waals surface area contributed by atoms with E-state index in [0.717, 1.165) is 28.8 Å². The van der Waals surface area contributed by atoms with Crippen molar-refractivity contribution in [2.45, 2.75) is 6.54 Å². The molecule has 0 aliphatic heterocycles. The molecule has 0 aliphatic carbocycles. The number of nitrogens with one attached hydrogen (secondary N) is 1. The van der Waals surface area contributed by atoms with Crippen LogP contribution in [0.15, 0.2) is 45.6 Å². The third kappa shape index (κ3) is 2.59. The van der Waals surface area contributed by atoms with Gasteiger partial charge in [-0.05, 0) is 6.07 Å². The van der Waals surface area contributed by atoms with Crippen LogP contribution in [-0.4, -0.2) is 25.2 Å². The maximum absolute atomic E-state index is 5.53. The summed E-state index contributed by atoms with van der Waals surface area (Å²) in [7, 11) is 1.68. The van der Waals surface area contributed by atoms with Crippen molar-refractivity contribution < 1.29 is 13.6 Å². The molecule has 0 fully saturated rings. The number of nitrogens with zero attached hydrogens (tertiary/aromatic N) is 1. The van der Waals surface area contributed by atoms with Gasteiger partial charge in [-0.2, -0.15) is 0 Å². The average molecular weight is 272 g/mol. The lowest BCUT2D eigenvalue weighted by atomic mass is 10.2. The third-order valence-electron chi connectivity index (χ3n) is 3.05. The van der Waals surface area contributed by atoms with Gasteiger partial charge in [0.15, 0.2) is 0 Å². The molecule has 0 radical (unpaired) electrons. The fourth-order valence-corrected chi connectivity index (χ4v) is 2.05. The largest absolute Gasteiger partial charge is 0.463 e.